The number of amides is 1. The monoisotopic (exact) mass is 1140 g/mol. The third kappa shape index (κ3) is 67.1. The summed E-state index contributed by atoms with van der Waals surface area (Å²) in [5, 5.41) is 23.2. The molecule has 0 aliphatic rings. The van der Waals surface area contributed by atoms with E-state index in [0.717, 1.165) is 44.9 Å². The highest BCUT2D eigenvalue weighted by molar-refractivity contribution is 5.76. The molecule has 0 radical (unpaired) electrons. The number of allylic oxidation sites excluding steroid dienone is 5. The zero-order chi connectivity index (χ0) is 58.5. The molecule has 2 unspecified atom stereocenters. The van der Waals surface area contributed by atoms with Crippen molar-refractivity contribution in [3.8, 4) is 0 Å². The Morgan fingerprint density at radius 1 is 0.346 bits per heavy atom. The number of carbonyl (C=O) groups is 2. The fourth-order valence-electron chi connectivity index (χ4n) is 11.6. The third-order valence-electron chi connectivity index (χ3n) is 17.2. The molecule has 2 atom stereocenters. The van der Waals surface area contributed by atoms with Gasteiger partial charge in [0.2, 0.25) is 5.91 Å². The predicted octanol–water partition coefficient (Wildman–Crippen LogP) is 23.9. The zero-order valence-electron chi connectivity index (χ0n) is 54.8. The Morgan fingerprint density at radius 2 is 0.617 bits per heavy atom. The van der Waals surface area contributed by atoms with Gasteiger partial charge in [-0.2, -0.15) is 0 Å². The molecule has 3 N–H and O–H groups in total. The molecular formula is C75H143NO5. The molecule has 6 heteroatoms. The molecule has 478 valence electrons. The largest absolute Gasteiger partial charge is 0.466 e. The van der Waals surface area contributed by atoms with Crippen LogP contribution in [0.15, 0.2) is 36.5 Å². The van der Waals surface area contributed by atoms with Crippen molar-refractivity contribution in [1.82, 2.24) is 5.32 Å². The Balaban J connectivity index is 3.38. The highest BCUT2D eigenvalue weighted by Gasteiger charge is 2.18. The number of aliphatic hydroxyl groups is 2. The van der Waals surface area contributed by atoms with Crippen LogP contribution in [0.2, 0.25) is 0 Å². The lowest BCUT2D eigenvalue weighted by Crippen LogP contribution is -2.45. The van der Waals surface area contributed by atoms with Crippen LogP contribution in [0.4, 0.5) is 0 Å². The van der Waals surface area contributed by atoms with Gasteiger partial charge < -0.3 is 20.3 Å². The van der Waals surface area contributed by atoms with E-state index in [4.69, 9.17) is 4.74 Å². The molecule has 0 bridgehead atoms. The number of unbranched alkanes of at least 4 members (excludes halogenated alkanes) is 54. The SMILES string of the molecule is CCCCCCCCCCCCCCCC/C=C/C(O)C(CO)NC(=O)CCCCCCCCCCCCCCCCCCC/C=C\C/C=C\CCCCCCCCCCCOC(=O)CCCCCCCCCCCCCCCCC. The second kappa shape index (κ2) is 70.6. The number of nitrogens with one attached hydrogen (secondary N) is 1. The van der Waals surface area contributed by atoms with Crippen molar-refractivity contribution in [2.24, 2.45) is 0 Å². The summed E-state index contributed by atoms with van der Waals surface area (Å²) >= 11 is 0. The normalized spacial score (nSPS) is 12.7. The molecule has 81 heavy (non-hydrogen) atoms. The number of hydrogen-bond donors (Lipinski definition) is 3. The topological polar surface area (TPSA) is 95.9 Å². The standard InChI is InChI=1S/C75H143NO5/c1-3-5-7-9-11-13-15-17-19-40-43-47-51-55-59-63-67-73(78)72(71-77)76-74(79)68-64-60-56-52-48-44-41-37-35-33-31-29-27-25-23-21-20-22-24-26-28-30-32-34-36-38-42-46-50-54-58-62-66-70-81-75(80)69-65-61-57-53-49-45-39-18-16-14-12-10-8-6-4-2/h24,26,30,32,63,67,72-73,77-78H,3-23,25,27-29,31,33-62,64-66,68-71H2,1-2H3,(H,76,79)/b26-24-,32-30-,67-63+. The van der Waals surface area contributed by atoms with E-state index in [0.29, 0.717) is 19.4 Å². The van der Waals surface area contributed by atoms with Gasteiger partial charge in [0, 0.05) is 12.8 Å². The molecule has 0 aliphatic heterocycles. The van der Waals surface area contributed by atoms with Gasteiger partial charge in [-0.3, -0.25) is 9.59 Å². The molecule has 0 aromatic rings. The summed E-state index contributed by atoms with van der Waals surface area (Å²) in [6.07, 6.45) is 91.0. The molecule has 0 aromatic heterocycles. The van der Waals surface area contributed by atoms with E-state index in [9.17, 15) is 19.8 Å². The van der Waals surface area contributed by atoms with Crippen molar-refractivity contribution in [3.63, 3.8) is 0 Å². The summed E-state index contributed by atoms with van der Waals surface area (Å²) in [5.41, 5.74) is 0. The average molecular weight is 1140 g/mol. The third-order valence-corrected chi connectivity index (χ3v) is 17.2. The molecule has 0 saturated carbocycles. The van der Waals surface area contributed by atoms with Gasteiger partial charge in [-0.05, 0) is 64.2 Å². The second-order valence-electron chi connectivity index (χ2n) is 25.3. The Hall–Kier alpha value is -1.92. The molecular weight excluding hydrogens is 995 g/mol. The summed E-state index contributed by atoms with van der Waals surface area (Å²) in [5.74, 6) is -0.0461. The minimum absolute atomic E-state index is 0.0173. The second-order valence-corrected chi connectivity index (χ2v) is 25.3. The summed E-state index contributed by atoms with van der Waals surface area (Å²) in [6.45, 7) is 4.94. The van der Waals surface area contributed by atoms with Crippen LogP contribution < -0.4 is 5.32 Å². The van der Waals surface area contributed by atoms with E-state index in [-0.39, 0.29) is 18.5 Å². The van der Waals surface area contributed by atoms with E-state index in [2.05, 4.69) is 43.5 Å². The van der Waals surface area contributed by atoms with E-state index >= 15 is 0 Å². The Morgan fingerprint density at radius 3 is 0.938 bits per heavy atom. The molecule has 0 saturated heterocycles. The molecule has 6 nitrogen and oxygen atoms in total. The number of carbonyl (C=O) groups excluding carboxylic acids is 2. The van der Waals surface area contributed by atoms with Crippen LogP contribution in [0.3, 0.4) is 0 Å². The van der Waals surface area contributed by atoms with Crippen LogP contribution in [0, 0.1) is 0 Å². The zero-order valence-corrected chi connectivity index (χ0v) is 54.8. The highest BCUT2D eigenvalue weighted by Crippen LogP contribution is 2.19. The molecule has 0 fully saturated rings. The smallest absolute Gasteiger partial charge is 0.305 e. The van der Waals surface area contributed by atoms with Gasteiger partial charge in [0.1, 0.15) is 0 Å². The molecule has 0 spiro atoms. The number of aliphatic hydroxyl groups excluding tert-OH is 2. The number of ether oxygens (including phenoxy) is 1. The van der Waals surface area contributed by atoms with Crippen LogP contribution in [0.5, 0.6) is 0 Å². The maximum Gasteiger partial charge on any atom is 0.305 e. The Kier molecular flexibility index (Phi) is 68.9. The molecule has 1 amide bonds. The first kappa shape index (κ1) is 79.1. The average Bonchev–Trinajstić information content (AvgIpc) is 3.47. The van der Waals surface area contributed by atoms with E-state index < -0.39 is 12.1 Å². The lowest BCUT2D eigenvalue weighted by atomic mass is 10.0. The van der Waals surface area contributed by atoms with Gasteiger partial charge in [0.05, 0.1) is 25.4 Å². The molecule has 0 heterocycles. The van der Waals surface area contributed by atoms with Gasteiger partial charge in [-0.25, -0.2) is 0 Å². The van der Waals surface area contributed by atoms with Gasteiger partial charge in [0.25, 0.3) is 0 Å². The van der Waals surface area contributed by atoms with Gasteiger partial charge in [-0.15, -0.1) is 0 Å². The van der Waals surface area contributed by atoms with Crippen molar-refractivity contribution in [2.75, 3.05) is 13.2 Å². The van der Waals surface area contributed by atoms with Crippen LogP contribution in [0.25, 0.3) is 0 Å². The van der Waals surface area contributed by atoms with Gasteiger partial charge in [0.15, 0.2) is 0 Å². The van der Waals surface area contributed by atoms with Crippen molar-refractivity contribution in [1.29, 1.82) is 0 Å². The van der Waals surface area contributed by atoms with E-state index in [1.54, 1.807) is 6.08 Å². The summed E-state index contributed by atoms with van der Waals surface area (Å²) in [6, 6.07) is -0.627. The van der Waals surface area contributed by atoms with Crippen molar-refractivity contribution in [3.05, 3.63) is 36.5 Å². The lowest BCUT2D eigenvalue weighted by molar-refractivity contribution is -0.143. The predicted molar refractivity (Wildman–Crippen MR) is 356 cm³/mol. The van der Waals surface area contributed by atoms with Crippen LogP contribution in [0.1, 0.15) is 406 Å². The molecule has 0 aliphatic carbocycles. The minimum atomic E-state index is -0.843. The summed E-state index contributed by atoms with van der Waals surface area (Å²) in [7, 11) is 0. The maximum absolute atomic E-state index is 12.5. The first-order valence-electron chi connectivity index (χ1n) is 36.8. The van der Waals surface area contributed by atoms with Gasteiger partial charge >= 0.3 is 5.97 Å². The van der Waals surface area contributed by atoms with Crippen molar-refractivity contribution in [2.45, 2.75) is 418 Å². The first-order valence-corrected chi connectivity index (χ1v) is 36.8. The molecule has 0 rings (SSSR count). The first-order chi connectivity index (χ1) is 40.0. The summed E-state index contributed by atoms with van der Waals surface area (Å²) < 4.78 is 5.50. The van der Waals surface area contributed by atoms with Crippen LogP contribution >= 0.6 is 0 Å². The van der Waals surface area contributed by atoms with Crippen molar-refractivity contribution >= 4 is 11.9 Å². The van der Waals surface area contributed by atoms with Crippen LogP contribution in [-0.4, -0.2) is 47.4 Å². The maximum atomic E-state index is 12.5. The number of esters is 1. The lowest BCUT2D eigenvalue weighted by Gasteiger charge is -2.20. The molecule has 0 aromatic carbocycles. The van der Waals surface area contributed by atoms with Crippen molar-refractivity contribution < 1.29 is 24.5 Å². The Labute approximate surface area is 506 Å². The van der Waals surface area contributed by atoms with E-state index in [1.165, 1.54) is 334 Å². The van der Waals surface area contributed by atoms with Gasteiger partial charge in [-0.1, -0.05) is 365 Å². The number of rotatable bonds is 69. The van der Waals surface area contributed by atoms with Crippen LogP contribution in [-0.2, 0) is 14.3 Å². The quantitative estimate of drug-likeness (QED) is 0.0320. The fourth-order valence-corrected chi connectivity index (χ4v) is 11.6. The summed E-state index contributed by atoms with van der Waals surface area (Å²) in [4.78, 5) is 24.6. The number of hydrogen-bond acceptors (Lipinski definition) is 5. The highest BCUT2D eigenvalue weighted by atomic mass is 16.5. The minimum Gasteiger partial charge on any atom is -0.466 e. The fraction of sp³-hybridized carbons (Fsp3) is 0.893. The Bertz CT molecular complexity index is 1310. The van der Waals surface area contributed by atoms with E-state index in [1.807, 2.05) is 6.08 Å².